The number of carboxylic acid groups (broad SMARTS) is 1. The average Bonchev–Trinajstić information content (AvgIpc) is 2.72. The lowest BCUT2D eigenvalue weighted by atomic mass is 10.2. The van der Waals surface area contributed by atoms with E-state index in [9.17, 15) is 4.79 Å². The Labute approximate surface area is 102 Å². The molecule has 2 rings (SSSR count). The van der Waals surface area contributed by atoms with Crippen molar-refractivity contribution >= 4 is 17.6 Å². The monoisotopic (exact) mass is 246 g/mol. The molecule has 0 aliphatic heterocycles. The summed E-state index contributed by atoms with van der Waals surface area (Å²) in [6.07, 6.45) is 1.54. The number of rotatable bonds is 2. The molecule has 1 aromatic carbocycles. The van der Waals surface area contributed by atoms with Gasteiger partial charge in [0.1, 0.15) is 11.8 Å². The van der Waals surface area contributed by atoms with Crippen LogP contribution in [0.5, 0.6) is 0 Å². The van der Waals surface area contributed by atoms with Gasteiger partial charge in [-0.3, -0.25) is 0 Å². The maximum Gasteiger partial charge on any atom is 0.354 e. The normalized spacial score (nSPS) is 9.88. The first-order valence-corrected chi connectivity index (χ1v) is 5.12. The minimum Gasteiger partial charge on any atom is -0.477 e. The van der Waals surface area contributed by atoms with Gasteiger partial charge in [-0.25, -0.2) is 4.79 Å². The van der Waals surface area contributed by atoms with Gasteiger partial charge >= 0.3 is 5.97 Å². The Hall–Kier alpha value is -2.25. The van der Waals surface area contributed by atoms with Gasteiger partial charge in [0.15, 0.2) is 0 Å². The quantitative estimate of drug-likeness (QED) is 0.886. The highest BCUT2D eigenvalue weighted by molar-refractivity contribution is 6.30. The molecule has 0 saturated carbocycles. The number of carboxylic acids is 1. The lowest BCUT2D eigenvalue weighted by Crippen LogP contribution is -2.07. The van der Waals surface area contributed by atoms with Gasteiger partial charge in [-0.05, 0) is 24.3 Å². The number of aromatic carboxylic acids is 1. The Bertz CT molecular complexity index is 626. The van der Waals surface area contributed by atoms with E-state index in [2.05, 4.69) is 0 Å². The molecular weight excluding hydrogens is 240 g/mol. The smallest absolute Gasteiger partial charge is 0.354 e. The third kappa shape index (κ3) is 2.01. The standard InChI is InChI=1S/C12H7ClN2O2/c13-9-2-1-3-10(6-9)15-5-4-8(7-14)11(15)12(16)17/h1-6H,(H,16,17). The Kier molecular flexibility index (Phi) is 2.86. The molecule has 84 valence electrons. The second kappa shape index (κ2) is 4.32. The molecule has 0 bridgehead atoms. The third-order valence-corrected chi connectivity index (χ3v) is 2.53. The van der Waals surface area contributed by atoms with Crippen LogP contribution in [-0.4, -0.2) is 15.6 Å². The van der Waals surface area contributed by atoms with Crippen molar-refractivity contribution < 1.29 is 9.90 Å². The van der Waals surface area contributed by atoms with E-state index in [1.54, 1.807) is 24.3 Å². The Morgan fingerprint density at radius 3 is 2.76 bits per heavy atom. The lowest BCUT2D eigenvalue weighted by molar-refractivity contribution is 0.0688. The van der Waals surface area contributed by atoms with Crippen molar-refractivity contribution in [2.24, 2.45) is 0 Å². The van der Waals surface area contributed by atoms with Crippen molar-refractivity contribution in [3.63, 3.8) is 0 Å². The number of halogens is 1. The summed E-state index contributed by atoms with van der Waals surface area (Å²) >= 11 is 5.84. The molecule has 0 fully saturated rings. The summed E-state index contributed by atoms with van der Waals surface area (Å²) in [5.74, 6) is -1.15. The first-order chi connectivity index (χ1) is 8.13. The van der Waals surface area contributed by atoms with Crippen molar-refractivity contribution in [3.05, 3.63) is 52.8 Å². The Morgan fingerprint density at radius 2 is 2.18 bits per heavy atom. The fourth-order valence-corrected chi connectivity index (χ4v) is 1.77. The summed E-state index contributed by atoms with van der Waals surface area (Å²) in [4.78, 5) is 11.1. The number of nitriles is 1. The summed E-state index contributed by atoms with van der Waals surface area (Å²) in [6, 6.07) is 10.1. The van der Waals surface area contributed by atoms with Crippen molar-refractivity contribution in [2.45, 2.75) is 0 Å². The molecule has 0 unspecified atom stereocenters. The van der Waals surface area contributed by atoms with E-state index in [1.165, 1.54) is 16.8 Å². The van der Waals surface area contributed by atoms with E-state index in [1.807, 2.05) is 6.07 Å². The molecule has 0 aliphatic carbocycles. The maximum absolute atomic E-state index is 11.1. The molecule has 1 aromatic heterocycles. The van der Waals surface area contributed by atoms with Crippen LogP contribution in [0.4, 0.5) is 0 Å². The summed E-state index contributed by atoms with van der Waals surface area (Å²) < 4.78 is 1.42. The van der Waals surface area contributed by atoms with Gasteiger partial charge in [0.2, 0.25) is 0 Å². The number of nitrogens with zero attached hydrogens (tertiary/aromatic N) is 2. The van der Waals surface area contributed by atoms with Gasteiger partial charge in [0, 0.05) is 16.9 Å². The van der Waals surface area contributed by atoms with Crippen molar-refractivity contribution in [1.82, 2.24) is 4.57 Å². The average molecular weight is 247 g/mol. The highest BCUT2D eigenvalue weighted by Crippen LogP contribution is 2.19. The summed E-state index contributed by atoms with van der Waals surface area (Å²) in [6.45, 7) is 0. The number of hydrogen-bond acceptors (Lipinski definition) is 2. The first-order valence-electron chi connectivity index (χ1n) is 4.74. The van der Waals surface area contributed by atoms with Crippen LogP contribution in [0.15, 0.2) is 36.5 Å². The van der Waals surface area contributed by atoms with Crippen molar-refractivity contribution in [2.75, 3.05) is 0 Å². The first kappa shape index (κ1) is 11.2. The predicted octanol–water partition coefficient (Wildman–Crippen LogP) is 2.70. The molecule has 5 heteroatoms. The van der Waals surface area contributed by atoms with Crippen LogP contribution < -0.4 is 0 Å². The van der Waals surface area contributed by atoms with E-state index >= 15 is 0 Å². The SMILES string of the molecule is N#Cc1ccn(-c2cccc(Cl)c2)c1C(=O)O. The molecule has 1 heterocycles. The largest absolute Gasteiger partial charge is 0.477 e. The topological polar surface area (TPSA) is 66.0 Å². The molecule has 0 amide bonds. The summed E-state index contributed by atoms with van der Waals surface area (Å²) in [5.41, 5.74) is 0.670. The zero-order chi connectivity index (χ0) is 12.4. The van der Waals surface area contributed by atoms with E-state index in [0.717, 1.165) is 0 Å². The second-order valence-electron chi connectivity index (χ2n) is 3.34. The molecule has 0 radical (unpaired) electrons. The number of hydrogen-bond donors (Lipinski definition) is 1. The summed E-state index contributed by atoms with van der Waals surface area (Å²) in [5, 5.41) is 18.4. The maximum atomic E-state index is 11.1. The fraction of sp³-hybridized carbons (Fsp3) is 0. The van der Waals surface area contributed by atoms with Gasteiger partial charge in [-0.15, -0.1) is 0 Å². The van der Waals surface area contributed by atoms with Crippen LogP contribution in [-0.2, 0) is 0 Å². The molecule has 0 atom stereocenters. The molecule has 2 aromatic rings. The molecule has 1 N–H and O–H groups in total. The zero-order valence-corrected chi connectivity index (χ0v) is 9.35. The molecule has 0 aliphatic rings. The van der Waals surface area contributed by atoms with Gasteiger partial charge < -0.3 is 9.67 Å². The highest BCUT2D eigenvalue weighted by atomic mass is 35.5. The Morgan fingerprint density at radius 1 is 1.41 bits per heavy atom. The third-order valence-electron chi connectivity index (χ3n) is 2.30. The van der Waals surface area contributed by atoms with Crippen LogP contribution in [0.2, 0.25) is 5.02 Å². The molecular formula is C12H7ClN2O2. The van der Waals surface area contributed by atoms with Crippen LogP contribution in [0.1, 0.15) is 16.1 Å². The second-order valence-corrected chi connectivity index (χ2v) is 3.78. The number of benzene rings is 1. The van der Waals surface area contributed by atoms with Gasteiger partial charge in [-0.2, -0.15) is 5.26 Å². The van der Waals surface area contributed by atoms with Crippen molar-refractivity contribution in [1.29, 1.82) is 5.26 Å². The van der Waals surface area contributed by atoms with Gasteiger partial charge in [-0.1, -0.05) is 17.7 Å². The van der Waals surface area contributed by atoms with Crippen molar-refractivity contribution in [3.8, 4) is 11.8 Å². The minimum absolute atomic E-state index is 0.0604. The molecule has 4 nitrogen and oxygen atoms in total. The van der Waals surface area contributed by atoms with E-state index < -0.39 is 5.97 Å². The van der Waals surface area contributed by atoms with E-state index in [0.29, 0.717) is 10.7 Å². The van der Waals surface area contributed by atoms with Crippen LogP contribution >= 0.6 is 11.6 Å². The van der Waals surface area contributed by atoms with Gasteiger partial charge in [0.05, 0.1) is 5.56 Å². The lowest BCUT2D eigenvalue weighted by Gasteiger charge is -2.06. The zero-order valence-electron chi connectivity index (χ0n) is 8.59. The van der Waals surface area contributed by atoms with E-state index in [4.69, 9.17) is 22.0 Å². The molecule has 0 saturated heterocycles. The van der Waals surface area contributed by atoms with Crippen LogP contribution in [0, 0.1) is 11.3 Å². The van der Waals surface area contributed by atoms with Crippen LogP contribution in [0.25, 0.3) is 5.69 Å². The predicted molar refractivity (Wildman–Crippen MR) is 62.5 cm³/mol. The highest BCUT2D eigenvalue weighted by Gasteiger charge is 2.16. The summed E-state index contributed by atoms with van der Waals surface area (Å²) in [7, 11) is 0. The fourth-order valence-electron chi connectivity index (χ4n) is 1.58. The molecule has 0 spiro atoms. The van der Waals surface area contributed by atoms with Gasteiger partial charge in [0.25, 0.3) is 0 Å². The van der Waals surface area contributed by atoms with Crippen LogP contribution in [0.3, 0.4) is 0 Å². The molecule has 17 heavy (non-hydrogen) atoms. The number of aromatic nitrogens is 1. The Balaban J connectivity index is 2.65. The number of carbonyl (C=O) groups is 1. The minimum atomic E-state index is -1.15. The van der Waals surface area contributed by atoms with E-state index in [-0.39, 0.29) is 11.3 Å².